The molecule has 0 N–H and O–H groups in total. The minimum atomic E-state index is -0.268. The van der Waals surface area contributed by atoms with Gasteiger partial charge in [0.05, 0.1) is 0 Å². The molecule has 0 aromatic heterocycles. The summed E-state index contributed by atoms with van der Waals surface area (Å²) in [5.41, 5.74) is 0. The highest BCUT2D eigenvalue weighted by Crippen LogP contribution is 2.08. The lowest BCUT2D eigenvalue weighted by atomic mass is 10.2. The van der Waals surface area contributed by atoms with Gasteiger partial charge in [-0.2, -0.15) is 0 Å². The molecule has 0 aliphatic rings. The molecule has 0 aromatic rings. The SMILES string of the molecule is CC(C)N(C(=O)OI)C(C)C. The molecule has 66 valence electrons. The van der Waals surface area contributed by atoms with E-state index in [1.165, 1.54) is 0 Å². The highest BCUT2D eigenvalue weighted by Gasteiger charge is 2.20. The zero-order chi connectivity index (χ0) is 9.02. The number of rotatable bonds is 2. The predicted molar refractivity (Wildman–Crippen MR) is 52.6 cm³/mol. The summed E-state index contributed by atoms with van der Waals surface area (Å²) in [6.45, 7) is 7.86. The number of carbonyl (C=O) groups excluding carboxylic acids is 1. The van der Waals surface area contributed by atoms with Crippen LogP contribution < -0.4 is 0 Å². The third-order valence-electron chi connectivity index (χ3n) is 1.39. The Morgan fingerprint density at radius 2 is 1.64 bits per heavy atom. The van der Waals surface area contributed by atoms with Crippen molar-refractivity contribution in [1.82, 2.24) is 4.90 Å². The van der Waals surface area contributed by atoms with Crippen molar-refractivity contribution in [3.8, 4) is 0 Å². The Morgan fingerprint density at radius 1 is 1.27 bits per heavy atom. The molecule has 0 aromatic carbocycles. The van der Waals surface area contributed by atoms with Crippen LogP contribution in [0.5, 0.6) is 0 Å². The monoisotopic (exact) mass is 271 g/mol. The van der Waals surface area contributed by atoms with Gasteiger partial charge in [0.2, 0.25) is 0 Å². The van der Waals surface area contributed by atoms with E-state index < -0.39 is 0 Å². The molecule has 0 atom stereocenters. The molecule has 0 fully saturated rings. The van der Waals surface area contributed by atoms with Crippen LogP contribution >= 0.6 is 23.0 Å². The van der Waals surface area contributed by atoms with E-state index in [0.717, 1.165) is 0 Å². The van der Waals surface area contributed by atoms with Crippen LogP contribution in [-0.2, 0) is 3.07 Å². The number of amides is 1. The summed E-state index contributed by atoms with van der Waals surface area (Å²) < 4.78 is 4.59. The predicted octanol–water partition coefficient (Wildman–Crippen LogP) is 2.59. The Labute approximate surface area is 81.8 Å². The molecule has 0 saturated heterocycles. The molecule has 11 heavy (non-hydrogen) atoms. The Morgan fingerprint density at radius 3 is 1.73 bits per heavy atom. The standard InChI is InChI=1S/C7H14INO2/c1-5(2)9(6(3)4)7(10)11-8/h5-6H,1-4H3. The molecule has 0 aliphatic heterocycles. The summed E-state index contributed by atoms with van der Waals surface area (Å²) in [5, 5.41) is 0. The van der Waals surface area contributed by atoms with E-state index in [2.05, 4.69) is 3.07 Å². The zero-order valence-electron chi connectivity index (χ0n) is 7.30. The molecule has 0 aliphatic carbocycles. The van der Waals surface area contributed by atoms with Gasteiger partial charge in [-0.25, -0.2) is 4.79 Å². The Balaban J connectivity index is 4.22. The fraction of sp³-hybridized carbons (Fsp3) is 0.857. The minimum absolute atomic E-state index is 0.192. The van der Waals surface area contributed by atoms with E-state index in [1.54, 1.807) is 27.9 Å². The van der Waals surface area contributed by atoms with E-state index in [-0.39, 0.29) is 18.2 Å². The molecule has 1 amide bonds. The average molecular weight is 271 g/mol. The van der Waals surface area contributed by atoms with E-state index >= 15 is 0 Å². The summed E-state index contributed by atoms with van der Waals surface area (Å²) in [7, 11) is 0. The second kappa shape index (κ2) is 4.79. The molecule has 0 bridgehead atoms. The smallest absolute Gasteiger partial charge is 0.378 e. The number of hydrogen-bond donors (Lipinski definition) is 0. The Kier molecular flexibility index (Phi) is 4.79. The van der Waals surface area contributed by atoms with Gasteiger partial charge in [-0.05, 0) is 27.7 Å². The van der Waals surface area contributed by atoms with Gasteiger partial charge in [0.15, 0.2) is 23.0 Å². The highest BCUT2D eigenvalue weighted by atomic mass is 127. The van der Waals surface area contributed by atoms with Crippen LogP contribution in [0.4, 0.5) is 4.79 Å². The van der Waals surface area contributed by atoms with Crippen molar-refractivity contribution in [1.29, 1.82) is 0 Å². The van der Waals surface area contributed by atoms with E-state index in [4.69, 9.17) is 0 Å². The topological polar surface area (TPSA) is 29.5 Å². The van der Waals surface area contributed by atoms with Crippen molar-refractivity contribution in [3.63, 3.8) is 0 Å². The maximum Gasteiger partial charge on any atom is 0.419 e. The molecule has 0 heterocycles. The normalized spacial score (nSPS) is 10.5. The first-order valence-corrected chi connectivity index (χ1v) is 4.49. The van der Waals surface area contributed by atoms with Crippen molar-refractivity contribution >= 4 is 29.1 Å². The van der Waals surface area contributed by atoms with Gasteiger partial charge >= 0.3 is 6.09 Å². The Hall–Kier alpha value is 0. The largest absolute Gasteiger partial charge is 0.419 e. The van der Waals surface area contributed by atoms with Gasteiger partial charge in [0.1, 0.15) is 0 Å². The fourth-order valence-electron chi connectivity index (χ4n) is 1.06. The number of nitrogens with zero attached hydrogens (tertiary/aromatic N) is 1. The van der Waals surface area contributed by atoms with Gasteiger partial charge in [-0.1, -0.05) is 0 Å². The van der Waals surface area contributed by atoms with Crippen LogP contribution in [0.1, 0.15) is 27.7 Å². The molecule has 0 radical (unpaired) electrons. The van der Waals surface area contributed by atoms with Crippen LogP contribution in [0, 0.1) is 0 Å². The first-order chi connectivity index (χ1) is 5.00. The van der Waals surface area contributed by atoms with Gasteiger partial charge in [-0.15, -0.1) is 0 Å². The second-order valence-corrected chi connectivity index (χ2v) is 3.38. The van der Waals surface area contributed by atoms with Crippen LogP contribution in [0.15, 0.2) is 0 Å². The molecular weight excluding hydrogens is 257 g/mol. The van der Waals surface area contributed by atoms with Crippen molar-refractivity contribution in [2.45, 2.75) is 39.8 Å². The quantitative estimate of drug-likeness (QED) is 0.722. The van der Waals surface area contributed by atoms with Crippen molar-refractivity contribution in [2.24, 2.45) is 0 Å². The lowest BCUT2D eigenvalue weighted by molar-refractivity contribution is 0.136. The van der Waals surface area contributed by atoms with E-state index in [1.807, 2.05) is 27.7 Å². The van der Waals surface area contributed by atoms with Crippen LogP contribution in [-0.4, -0.2) is 23.1 Å². The maximum atomic E-state index is 11.1. The van der Waals surface area contributed by atoms with Gasteiger partial charge in [-0.3, -0.25) is 0 Å². The Bertz CT molecular complexity index is 128. The number of halogens is 1. The molecule has 3 nitrogen and oxygen atoms in total. The third kappa shape index (κ3) is 3.27. The zero-order valence-corrected chi connectivity index (χ0v) is 9.45. The van der Waals surface area contributed by atoms with Crippen LogP contribution in [0.25, 0.3) is 0 Å². The summed E-state index contributed by atoms with van der Waals surface area (Å²) in [6, 6.07) is 0.384. The number of carbonyl (C=O) groups is 1. The van der Waals surface area contributed by atoms with Gasteiger partial charge in [0.25, 0.3) is 0 Å². The lowest BCUT2D eigenvalue weighted by Crippen LogP contribution is -2.41. The average Bonchev–Trinajstić information content (AvgIpc) is 1.85. The minimum Gasteiger partial charge on any atom is -0.378 e. The lowest BCUT2D eigenvalue weighted by Gasteiger charge is -2.28. The molecular formula is C7H14INO2. The molecule has 0 spiro atoms. The van der Waals surface area contributed by atoms with Crippen molar-refractivity contribution < 1.29 is 7.86 Å². The highest BCUT2D eigenvalue weighted by molar-refractivity contribution is 14.1. The summed E-state index contributed by atoms with van der Waals surface area (Å²) in [5.74, 6) is 0. The third-order valence-corrected chi connectivity index (χ3v) is 1.77. The number of hydrogen-bond acceptors (Lipinski definition) is 2. The first kappa shape index (κ1) is 11.0. The van der Waals surface area contributed by atoms with Crippen molar-refractivity contribution in [3.05, 3.63) is 0 Å². The van der Waals surface area contributed by atoms with Crippen LogP contribution in [0.2, 0.25) is 0 Å². The van der Waals surface area contributed by atoms with E-state index in [9.17, 15) is 4.79 Å². The summed E-state index contributed by atoms with van der Waals surface area (Å²) in [4.78, 5) is 12.8. The summed E-state index contributed by atoms with van der Waals surface area (Å²) >= 11 is 1.60. The molecule has 4 heteroatoms. The molecule has 0 unspecified atom stereocenters. The molecule has 0 saturated carbocycles. The van der Waals surface area contributed by atoms with Crippen LogP contribution in [0.3, 0.4) is 0 Å². The first-order valence-electron chi connectivity index (χ1n) is 3.61. The second-order valence-electron chi connectivity index (χ2n) is 2.94. The van der Waals surface area contributed by atoms with Gasteiger partial charge in [0, 0.05) is 12.1 Å². The maximum absolute atomic E-state index is 11.1. The summed E-state index contributed by atoms with van der Waals surface area (Å²) in [6.07, 6.45) is -0.268. The van der Waals surface area contributed by atoms with Crippen molar-refractivity contribution in [2.75, 3.05) is 0 Å². The molecule has 0 rings (SSSR count). The fourth-order valence-corrected chi connectivity index (χ4v) is 1.29. The van der Waals surface area contributed by atoms with E-state index in [0.29, 0.717) is 0 Å². The van der Waals surface area contributed by atoms with Gasteiger partial charge < -0.3 is 7.97 Å².